The second-order valence-corrected chi connectivity index (χ2v) is 5.37. The van der Waals surface area contributed by atoms with Gasteiger partial charge in [0.15, 0.2) is 0 Å². The number of carboxylic acid groups (broad SMARTS) is 1. The van der Waals surface area contributed by atoms with Crippen LogP contribution in [0.15, 0.2) is 18.2 Å². The first-order chi connectivity index (χ1) is 9.06. The summed E-state index contributed by atoms with van der Waals surface area (Å²) in [5.74, 6) is -1.03. The lowest BCUT2D eigenvalue weighted by atomic mass is 10.1. The molecule has 0 radical (unpaired) electrons. The van der Waals surface area contributed by atoms with Crippen LogP contribution in [-0.4, -0.2) is 28.6 Å². The predicted octanol–water partition coefficient (Wildman–Crippen LogP) is 3.31. The van der Waals surface area contributed by atoms with Gasteiger partial charge in [-0.15, -0.1) is 0 Å². The highest BCUT2D eigenvalue weighted by Gasteiger charge is 2.25. The molecule has 1 heterocycles. The summed E-state index contributed by atoms with van der Waals surface area (Å²) >= 11 is 5.88. The van der Waals surface area contributed by atoms with Gasteiger partial charge in [-0.25, -0.2) is 4.39 Å². The number of likely N-dealkylation sites (tertiary alicyclic amines) is 1. The summed E-state index contributed by atoms with van der Waals surface area (Å²) in [6.07, 6.45) is 2.80. The number of rotatable bonds is 5. The van der Waals surface area contributed by atoms with Crippen LogP contribution in [0.25, 0.3) is 0 Å². The number of carboxylic acids is 1. The van der Waals surface area contributed by atoms with E-state index < -0.39 is 5.97 Å². The van der Waals surface area contributed by atoms with Crippen molar-refractivity contribution in [2.75, 3.05) is 6.54 Å². The van der Waals surface area contributed by atoms with Crippen LogP contribution >= 0.6 is 11.6 Å². The Morgan fingerprint density at radius 2 is 2.32 bits per heavy atom. The van der Waals surface area contributed by atoms with Crippen LogP contribution in [0.1, 0.15) is 31.2 Å². The van der Waals surface area contributed by atoms with Crippen molar-refractivity contribution < 1.29 is 14.3 Å². The maximum absolute atomic E-state index is 13.7. The molecule has 1 unspecified atom stereocenters. The van der Waals surface area contributed by atoms with Crippen LogP contribution < -0.4 is 0 Å². The summed E-state index contributed by atoms with van der Waals surface area (Å²) in [5, 5.41) is 9.26. The van der Waals surface area contributed by atoms with Crippen LogP contribution in [-0.2, 0) is 11.3 Å². The van der Waals surface area contributed by atoms with Gasteiger partial charge in [0.1, 0.15) is 5.82 Å². The highest BCUT2D eigenvalue weighted by Crippen LogP contribution is 2.25. The van der Waals surface area contributed by atoms with Crippen molar-refractivity contribution >= 4 is 17.6 Å². The van der Waals surface area contributed by atoms with Crippen molar-refractivity contribution in [3.63, 3.8) is 0 Å². The van der Waals surface area contributed by atoms with Gasteiger partial charge in [-0.3, -0.25) is 9.69 Å². The lowest BCUT2D eigenvalue weighted by Crippen LogP contribution is -2.29. The van der Waals surface area contributed by atoms with Gasteiger partial charge in [-0.1, -0.05) is 11.6 Å². The van der Waals surface area contributed by atoms with Crippen molar-refractivity contribution in [1.82, 2.24) is 4.90 Å². The number of hydrogen-bond acceptors (Lipinski definition) is 2. The fourth-order valence-electron chi connectivity index (χ4n) is 2.60. The van der Waals surface area contributed by atoms with Crippen LogP contribution in [0.5, 0.6) is 0 Å². The molecule has 1 aromatic rings. The van der Waals surface area contributed by atoms with Gasteiger partial charge in [0.25, 0.3) is 0 Å². The molecule has 1 aliphatic heterocycles. The maximum atomic E-state index is 13.7. The molecule has 3 nitrogen and oxygen atoms in total. The Morgan fingerprint density at radius 1 is 1.53 bits per heavy atom. The average molecular weight is 286 g/mol. The van der Waals surface area contributed by atoms with Crippen molar-refractivity contribution in [1.29, 1.82) is 0 Å². The van der Waals surface area contributed by atoms with Crippen LogP contribution in [0.2, 0.25) is 5.02 Å². The Bertz CT molecular complexity index is 467. The highest BCUT2D eigenvalue weighted by molar-refractivity contribution is 6.30. The Balaban J connectivity index is 2.00. The number of benzene rings is 1. The molecular formula is C14H17ClFNO2. The van der Waals surface area contributed by atoms with Gasteiger partial charge in [-0.2, -0.15) is 0 Å². The lowest BCUT2D eigenvalue weighted by molar-refractivity contribution is -0.137. The Hall–Kier alpha value is -1.13. The standard InChI is InChI=1S/C14H17ClFNO2/c15-11-3-5-13(16)10(8-11)9-17-7-1-2-12(17)4-6-14(18)19/h3,5,8,12H,1-2,4,6-7,9H2,(H,18,19). The fourth-order valence-corrected chi connectivity index (χ4v) is 2.80. The van der Waals surface area contributed by atoms with Crippen LogP contribution in [0.4, 0.5) is 4.39 Å². The van der Waals surface area contributed by atoms with Gasteiger partial charge in [0.05, 0.1) is 0 Å². The predicted molar refractivity (Wildman–Crippen MR) is 71.7 cm³/mol. The topological polar surface area (TPSA) is 40.5 Å². The van der Waals surface area contributed by atoms with Gasteiger partial charge in [-0.05, 0) is 44.0 Å². The summed E-state index contributed by atoms with van der Waals surface area (Å²) < 4.78 is 13.7. The second-order valence-electron chi connectivity index (χ2n) is 4.93. The summed E-state index contributed by atoms with van der Waals surface area (Å²) in [6.45, 7) is 1.38. The molecule has 0 aliphatic carbocycles. The molecule has 2 rings (SSSR count). The normalized spacial score (nSPS) is 19.8. The Morgan fingerprint density at radius 3 is 3.05 bits per heavy atom. The highest BCUT2D eigenvalue weighted by atomic mass is 35.5. The van der Waals surface area contributed by atoms with Crippen molar-refractivity contribution in [2.24, 2.45) is 0 Å². The fraction of sp³-hybridized carbons (Fsp3) is 0.500. The molecule has 1 aromatic carbocycles. The van der Waals surface area contributed by atoms with E-state index in [1.165, 1.54) is 12.1 Å². The molecule has 1 saturated heterocycles. The molecule has 1 atom stereocenters. The number of nitrogens with zero attached hydrogens (tertiary/aromatic N) is 1. The second kappa shape index (κ2) is 6.35. The maximum Gasteiger partial charge on any atom is 0.303 e. The van der Waals surface area contributed by atoms with E-state index in [-0.39, 0.29) is 18.3 Å². The minimum absolute atomic E-state index is 0.166. The number of aliphatic carboxylic acids is 1. The van der Waals surface area contributed by atoms with Crippen LogP contribution in [0.3, 0.4) is 0 Å². The minimum atomic E-state index is -0.777. The third-order valence-electron chi connectivity index (χ3n) is 3.57. The number of halogens is 2. The van der Waals surface area contributed by atoms with E-state index in [1.54, 1.807) is 6.07 Å². The van der Waals surface area contributed by atoms with Crippen molar-refractivity contribution in [3.05, 3.63) is 34.6 Å². The third-order valence-corrected chi connectivity index (χ3v) is 3.81. The van der Waals surface area contributed by atoms with E-state index >= 15 is 0 Å². The van der Waals surface area contributed by atoms with E-state index in [1.807, 2.05) is 0 Å². The molecule has 104 valence electrons. The first-order valence-corrected chi connectivity index (χ1v) is 6.84. The molecule has 0 spiro atoms. The number of hydrogen-bond donors (Lipinski definition) is 1. The molecule has 5 heteroatoms. The zero-order chi connectivity index (χ0) is 13.8. The largest absolute Gasteiger partial charge is 0.481 e. The van der Waals surface area contributed by atoms with Crippen LogP contribution in [0, 0.1) is 5.82 Å². The summed E-state index contributed by atoms with van der Waals surface area (Å²) in [7, 11) is 0. The molecular weight excluding hydrogens is 269 g/mol. The molecule has 0 aromatic heterocycles. The molecule has 1 fully saturated rings. The summed E-state index contributed by atoms with van der Waals surface area (Å²) in [6, 6.07) is 4.78. The smallest absolute Gasteiger partial charge is 0.303 e. The number of carbonyl (C=O) groups is 1. The van der Waals surface area contributed by atoms with Gasteiger partial charge in [0, 0.05) is 29.6 Å². The Kier molecular flexibility index (Phi) is 4.77. The van der Waals surface area contributed by atoms with Gasteiger partial charge in [0.2, 0.25) is 0 Å². The molecule has 1 N–H and O–H groups in total. The molecule has 1 aliphatic rings. The van der Waals surface area contributed by atoms with E-state index in [0.29, 0.717) is 23.6 Å². The quantitative estimate of drug-likeness (QED) is 0.902. The van der Waals surface area contributed by atoms with Crippen molar-refractivity contribution in [2.45, 2.75) is 38.3 Å². The van der Waals surface area contributed by atoms with Crippen molar-refractivity contribution in [3.8, 4) is 0 Å². The minimum Gasteiger partial charge on any atom is -0.481 e. The SMILES string of the molecule is O=C(O)CCC1CCCN1Cc1cc(Cl)ccc1F. The lowest BCUT2D eigenvalue weighted by Gasteiger charge is -2.24. The first kappa shape index (κ1) is 14.3. The summed E-state index contributed by atoms with van der Waals surface area (Å²) in [5.41, 5.74) is 0.578. The Labute approximate surface area is 117 Å². The van der Waals surface area contributed by atoms with E-state index in [4.69, 9.17) is 16.7 Å². The van der Waals surface area contributed by atoms with E-state index in [9.17, 15) is 9.18 Å². The van der Waals surface area contributed by atoms with E-state index in [2.05, 4.69) is 4.90 Å². The van der Waals surface area contributed by atoms with Gasteiger partial charge >= 0.3 is 5.97 Å². The zero-order valence-electron chi connectivity index (χ0n) is 10.6. The van der Waals surface area contributed by atoms with E-state index in [0.717, 1.165) is 19.4 Å². The molecule has 0 amide bonds. The van der Waals surface area contributed by atoms with Gasteiger partial charge < -0.3 is 5.11 Å². The molecule has 0 bridgehead atoms. The average Bonchev–Trinajstić information content (AvgIpc) is 2.79. The zero-order valence-corrected chi connectivity index (χ0v) is 11.4. The molecule has 0 saturated carbocycles. The summed E-state index contributed by atoms with van der Waals surface area (Å²) in [4.78, 5) is 12.8. The molecule has 19 heavy (non-hydrogen) atoms. The first-order valence-electron chi connectivity index (χ1n) is 6.46. The monoisotopic (exact) mass is 285 g/mol. The third kappa shape index (κ3) is 3.91.